The van der Waals surface area contributed by atoms with Crippen LogP contribution in [0.5, 0.6) is 0 Å². The molecule has 0 radical (unpaired) electrons. The van der Waals surface area contributed by atoms with E-state index >= 15 is 0 Å². The highest BCUT2D eigenvalue weighted by Gasteiger charge is 2.27. The van der Waals surface area contributed by atoms with Gasteiger partial charge in [-0.2, -0.15) is 0 Å². The number of nitrogens with two attached hydrogens (primary N) is 1. The third kappa shape index (κ3) is 3.35. The molecule has 2 rings (SSSR count). The molecule has 3 N–H and O–H groups in total. The van der Waals surface area contributed by atoms with Gasteiger partial charge < -0.3 is 10.5 Å². The molecule has 19 heavy (non-hydrogen) atoms. The highest BCUT2D eigenvalue weighted by Crippen LogP contribution is 2.26. The summed E-state index contributed by atoms with van der Waals surface area (Å²) in [5, 5.41) is 0. The molecule has 1 aliphatic rings. The molecule has 7 heteroatoms. The maximum absolute atomic E-state index is 12.3. The lowest BCUT2D eigenvalue weighted by atomic mass is 10.0. The molecule has 1 fully saturated rings. The molecule has 1 saturated heterocycles. The van der Waals surface area contributed by atoms with Crippen LogP contribution >= 0.6 is 11.3 Å². The second-order valence-electron chi connectivity index (χ2n) is 4.81. The van der Waals surface area contributed by atoms with Crippen LogP contribution in [-0.2, 0) is 21.3 Å². The van der Waals surface area contributed by atoms with E-state index in [4.69, 9.17) is 10.5 Å². The largest absolute Gasteiger partial charge is 0.378 e. The van der Waals surface area contributed by atoms with Crippen LogP contribution in [0.25, 0.3) is 0 Å². The highest BCUT2D eigenvalue weighted by molar-refractivity contribution is 7.89. The van der Waals surface area contributed by atoms with Gasteiger partial charge in [-0.15, -0.1) is 11.3 Å². The number of rotatable bonds is 5. The quantitative estimate of drug-likeness (QED) is 0.857. The molecule has 0 aliphatic carbocycles. The second-order valence-corrected chi connectivity index (χ2v) is 7.89. The fourth-order valence-corrected chi connectivity index (χ4v) is 4.84. The average Bonchev–Trinajstić information content (AvgIpc) is 2.93. The van der Waals surface area contributed by atoms with Crippen molar-refractivity contribution in [3.05, 3.63) is 15.8 Å². The van der Waals surface area contributed by atoms with Gasteiger partial charge >= 0.3 is 0 Å². The maximum Gasteiger partial charge on any atom is 0.241 e. The molecule has 0 bridgehead atoms. The minimum atomic E-state index is -3.44. The molecular formula is C12H20N2O3S2. The average molecular weight is 304 g/mol. The van der Waals surface area contributed by atoms with Crippen molar-refractivity contribution in [2.24, 2.45) is 11.7 Å². The Hall–Kier alpha value is -0.470. The maximum atomic E-state index is 12.3. The number of hydrogen-bond donors (Lipinski definition) is 2. The van der Waals surface area contributed by atoms with E-state index < -0.39 is 10.0 Å². The van der Waals surface area contributed by atoms with Gasteiger partial charge in [0.1, 0.15) is 0 Å². The lowest BCUT2D eigenvalue weighted by molar-refractivity contribution is 0.107. The third-order valence-corrected chi connectivity index (χ3v) is 6.23. The zero-order valence-electron chi connectivity index (χ0n) is 11.2. The molecule has 2 heterocycles. The first-order valence-corrected chi connectivity index (χ1v) is 8.64. The molecule has 2 unspecified atom stereocenters. The van der Waals surface area contributed by atoms with Gasteiger partial charge in [-0.1, -0.05) is 0 Å². The zero-order chi connectivity index (χ0) is 14.0. The van der Waals surface area contributed by atoms with Gasteiger partial charge in [0.25, 0.3) is 0 Å². The minimum absolute atomic E-state index is 0.117. The molecule has 108 valence electrons. The number of thiophene rings is 1. The number of aryl methyl sites for hydroxylation is 1. The minimum Gasteiger partial charge on any atom is -0.378 e. The van der Waals surface area contributed by atoms with Crippen molar-refractivity contribution in [3.8, 4) is 0 Å². The lowest BCUT2D eigenvalue weighted by Gasteiger charge is -2.14. The van der Waals surface area contributed by atoms with Gasteiger partial charge in [0.05, 0.1) is 11.0 Å². The molecule has 2 atom stereocenters. The Kier molecular flexibility index (Phi) is 4.62. The van der Waals surface area contributed by atoms with E-state index in [2.05, 4.69) is 4.72 Å². The zero-order valence-corrected chi connectivity index (χ0v) is 12.8. The first-order chi connectivity index (χ1) is 8.94. The van der Waals surface area contributed by atoms with Gasteiger partial charge in [-0.05, 0) is 26.3 Å². The SMILES string of the molecule is Cc1sc(CN)cc1S(=O)(=O)NCC1CCOC1C. The predicted molar refractivity (Wildman–Crippen MR) is 75.7 cm³/mol. The van der Waals surface area contributed by atoms with Gasteiger partial charge in [-0.25, -0.2) is 13.1 Å². The fraction of sp³-hybridized carbons (Fsp3) is 0.667. The van der Waals surface area contributed by atoms with Gasteiger partial charge in [-0.3, -0.25) is 0 Å². The van der Waals surface area contributed by atoms with E-state index in [9.17, 15) is 8.42 Å². The monoisotopic (exact) mass is 304 g/mol. The van der Waals surface area contributed by atoms with E-state index in [1.54, 1.807) is 13.0 Å². The Bertz CT molecular complexity index is 539. The summed E-state index contributed by atoms with van der Waals surface area (Å²) < 4.78 is 32.6. The smallest absolute Gasteiger partial charge is 0.241 e. The van der Waals surface area contributed by atoms with Crippen LogP contribution in [0, 0.1) is 12.8 Å². The van der Waals surface area contributed by atoms with Crippen molar-refractivity contribution in [1.82, 2.24) is 4.72 Å². The summed E-state index contributed by atoms with van der Waals surface area (Å²) >= 11 is 1.43. The summed E-state index contributed by atoms with van der Waals surface area (Å²) in [7, 11) is -3.44. The molecule has 0 amide bonds. The second kappa shape index (κ2) is 5.88. The van der Waals surface area contributed by atoms with Gasteiger partial charge in [0, 0.05) is 35.4 Å². The van der Waals surface area contributed by atoms with E-state index in [1.807, 2.05) is 6.92 Å². The Morgan fingerprint density at radius 3 is 2.84 bits per heavy atom. The van der Waals surface area contributed by atoms with E-state index in [0.29, 0.717) is 24.6 Å². The number of sulfonamides is 1. The normalized spacial score (nSPS) is 23.9. The van der Waals surface area contributed by atoms with Crippen LogP contribution < -0.4 is 10.5 Å². The first kappa shape index (κ1) is 14.9. The van der Waals surface area contributed by atoms with E-state index in [0.717, 1.165) is 16.2 Å². The van der Waals surface area contributed by atoms with Crippen molar-refractivity contribution in [1.29, 1.82) is 0 Å². The lowest BCUT2D eigenvalue weighted by Crippen LogP contribution is -2.32. The topological polar surface area (TPSA) is 81.4 Å². The van der Waals surface area contributed by atoms with Crippen LogP contribution in [0.4, 0.5) is 0 Å². The Balaban J connectivity index is 2.07. The summed E-state index contributed by atoms with van der Waals surface area (Å²) in [6, 6.07) is 1.66. The molecule has 0 aromatic carbocycles. The van der Waals surface area contributed by atoms with Crippen molar-refractivity contribution in [3.63, 3.8) is 0 Å². The molecule has 5 nitrogen and oxygen atoms in total. The Morgan fingerprint density at radius 2 is 2.32 bits per heavy atom. The van der Waals surface area contributed by atoms with Crippen LogP contribution in [0.1, 0.15) is 23.1 Å². The van der Waals surface area contributed by atoms with E-state index in [1.165, 1.54) is 11.3 Å². The number of nitrogens with one attached hydrogen (secondary N) is 1. The van der Waals surface area contributed by atoms with Crippen molar-refractivity contribution in [2.75, 3.05) is 13.2 Å². The Labute approximate surface area is 118 Å². The highest BCUT2D eigenvalue weighted by atomic mass is 32.2. The summed E-state index contributed by atoms with van der Waals surface area (Å²) in [6.45, 7) is 5.29. The van der Waals surface area contributed by atoms with Crippen LogP contribution in [-0.4, -0.2) is 27.7 Å². The van der Waals surface area contributed by atoms with Crippen LogP contribution in [0.2, 0.25) is 0 Å². The molecule has 0 saturated carbocycles. The summed E-state index contributed by atoms with van der Waals surface area (Å²) in [4.78, 5) is 2.02. The third-order valence-electron chi connectivity index (χ3n) is 3.48. The fourth-order valence-electron chi connectivity index (χ4n) is 2.23. The molecule has 1 aliphatic heterocycles. The predicted octanol–water partition coefficient (Wildman–Crippen LogP) is 1.22. The standard InChI is InChI=1S/C12H20N2O3S2/c1-8-10(3-4-17-8)7-14-19(15,16)12-5-11(6-13)18-9(12)2/h5,8,10,14H,3-4,6-7,13H2,1-2H3. The van der Waals surface area contributed by atoms with Gasteiger partial charge in [0.15, 0.2) is 0 Å². The molecule has 1 aromatic heterocycles. The molecule has 0 spiro atoms. The van der Waals surface area contributed by atoms with Gasteiger partial charge in [0.2, 0.25) is 10.0 Å². The summed E-state index contributed by atoms with van der Waals surface area (Å²) in [6.07, 6.45) is 1.02. The Morgan fingerprint density at radius 1 is 1.58 bits per heavy atom. The number of hydrogen-bond acceptors (Lipinski definition) is 5. The summed E-state index contributed by atoms with van der Waals surface area (Å²) in [5.74, 6) is 0.252. The molecule has 1 aromatic rings. The van der Waals surface area contributed by atoms with Crippen molar-refractivity contribution in [2.45, 2.75) is 37.8 Å². The first-order valence-electron chi connectivity index (χ1n) is 6.34. The van der Waals surface area contributed by atoms with E-state index in [-0.39, 0.29) is 12.0 Å². The number of ether oxygens (including phenoxy) is 1. The molecular weight excluding hydrogens is 284 g/mol. The van der Waals surface area contributed by atoms with Crippen molar-refractivity contribution >= 4 is 21.4 Å². The van der Waals surface area contributed by atoms with Crippen molar-refractivity contribution < 1.29 is 13.2 Å². The summed E-state index contributed by atoms with van der Waals surface area (Å²) in [5.41, 5.74) is 5.55. The van der Waals surface area contributed by atoms with Crippen LogP contribution in [0.3, 0.4) is 0 Å². The van der Waals surface area contributed by atoms with Crippen LogP contribution in [0.15, 0.2) is 11.0 Å².